The number of thioether (sulfide) groups is 2. The van der Waals surface area contributed by atoms with E-state index in [1.54, 1.807) is 16.7 Å². The number of aryl methyl sites for hydroxylation is 1. The van der Waals surface area contributed by atoms with Crippen LogP contribution in [0.15, 0.2) is 43.2 Å². The van der Waals surface area contributed by atoms with E-state index in [0.717, 1.165) is 47.0 Å². The summed E-state index contributed by atoms with van der Waals surface area (Å²) in [6, 6.07) is 8.72. The molecule has 0 bridgehead atoms. The number of nitriles is 1. The number of pyridine rings is 1. The molecule has 0 spiro atoms. The Balaban J connectivity index is 1.15. The highest BCUT2D eigenvalue weighted by molar-refractivity contribution is 8.08. The van der Waals surface area contributed by atoms with Gasteiger partial charge >= 0.3 is 6.01 Å². The van der Waals surface area contributed by atoms with Gasteiger partial charge in [-0.25, -0.2) is 0 Å². The van der Waals surface area contributed by atoms with Crippen LogP contribution in [0.1, 0.15) is 56.9 Å². The van der Waals surface area contributed by atoms with E-state index in [-0.39, 0.29) is 23.2 Å². The van der Waals surface area contributed by atoms with Gasteiger partial charge in [-0.15, -0.1) is 11.8 Å². The lowest BCUT2D eigenvalue weighted by molar-refractivity contribution is -0.128. The van der Waals surface area contributed by atoms with Crippen molar-refractivity contribution < 1.29 is 9.53 Å². The van der Waals surface area contributed by atoms with Gasteiger partial charge in [0.2, 0.25) is 5.91 Å². The first kappa shape index (κ1) is 33.9. The molecule has 1 unspecified atom stereocenters. The zero-order chi connectivity index (χ0) is 34.5. The van der Waals surface area contributed by atoms with E-state index in [4.69, 9.17) is 14.7 Å². The van der Waals surface area contributed by atoms with Crippen LogP contribution in [0.25, 0.3) is 10.8 Å². The molecule has 1 aromatic carbocycles. The Hall–Kier alpha value is -3.53. The lowest BCUT2D eigenvalue weighted by Crippen LogP contribution is -2.55. The summed E-state index contributed by atoms with van der Waals surface area (Å²) in [4.78, 5) is 36.0. The number of carbonyl (C=O) groups is 1. The zero-order valence-corrected chi connectivity index (χ0v) is 30.8. The second kappa shape index (κ2) is 13.3. The van der Waals surface area contributed by atoms with Crippen molar-refractivity contribution in [3.63, 3.8) is 0 Å². The third-order valence-electron chi connectivity index (χ3n) is 10.9. The Morgan fingerprint density at radius 3 is 2.82 bits per heavy atom. The van der Waals surface area contributed by atoms with Crippen LogP contribution in [0.4, 0.5) is 11.5 Å². The van der Waals surface area contributed by atoms with Gasteiger partial charge in [-0.05, 0) is 71.6 Å². The first-order chi connectivity index (χ1) is 23.5. The quantitative estimate of drug-likeness (QED) is 0.134. The van der Waals surface area contributed by atoms with Crippen molar-refractivity contribution in [1.82, 2.24) is 24.8 Å². The minimum Gasteiger partial charge on any atom is -0.452 e. The van der Waals surface area contributed by atoms with Crippen LogP contribution < -0.4 is 14.5 Å². The van der Waals surface area contributed by atoms with Crippen LogP contribution in [-0.4, -0.2) is 90.9 Å². The van der Waals surface area contributed by atoms with Crippen molar-refractivity contribution in [3.05, 3.63) is 60.1 Å². The van der Waals surface area contributed by atoms with Gasteiger partial charge in [0, 0.05) is 53.5 Å². The van der Waals surface area contributed by atoms with Crippen LogP contribution in [0.2, 0.25) is 0 Å². The van der Waals surface area contributed by atoms with E-state index in [1.807, 2.05) is 12.4 Å². The van der Waals surface area contributed by atoms with E-state index in [1.165, 1.54) is 29.9 Å². The number of hydrogen-bond acceptors (Lipinski definition) is 11. The minimum atomic E-state index is -0.252. The van der Waals surface area contributed by atoms with Crippen molar-refractivity contribution in [2.24, 2.45) is 5.92 Å². The van der Waals surface area contributed by atoms with Crippen LogP contribution in [-0.2, 0) is 17.8 Å². The third kappa shape index (κ3) is 6.57. The average Bonchev–Trinajstić information content (AvgIpc) is 4.04. The van der Waals surface area contributed by atoms with Gasteiger partial charge in [-0.3, -0.25) is 14.7 Å². The molecule has 1 aliphatic carbocycles. The predicted molar refractivity (Wildman–Crippen MR) is 199 cm³/mol. The molecule has 49 heavy (non-hydrogen) atoms. The normalized spacial score (nSPS) is 23.7. The Morgan fingerprint density at radius 2 is 2.06 bits per heavy atom. The second-order valence-electron chi connectivity index (χ2n) is 14.3. The molecule has 10 nitrogen and oxygen atoms in total. The molecule has 258 valence electrons. The Morgan fingerprint density at radius 1 is 1.24 bits per heavy atom. The smallest absolute Gasteiger partial charge is 0.319 e. The number of piperazine rings is 1. The Bertz CT molecular complexity index is 1800. The number of amides is 1. The van der Waals surface area contributed by atoms with E-state index >= 15 is 0 Å². The highest BCUT2D eigenvalue weighted by Crippen LogP contribution is 2.66. The molecule has 1 saturated carbocycles. The lowest BCUT2D eigenvalue weighted by Gasteiger charge is -2.42. The molecule has 0 radical (unpaired) electrons. The van der Waals surface area contributed by atoms with Gasteiger partial charge < -0.3 is 19.4 Å². The van der Waals surface area contributed by atoms with Gasteiger partial charge in [0.05, 0.1) is 52.9 Å². The fourth-order valence-corrected chi connectivity index (χ4v) is 9.97. The number of anilines is 2. The van der Waals surface area contributed by atoms with E-state index < -0.39 is 0 Å². The molecule has 3 aliphatic heterocycles. The maximum absolute atomic E-state index is 12.7. The van der Waals surface area contributed by atoms with E-state index in [0.29, 0.717) is 48.2 Å². The minimum absolute atomic E-state index is 0.129. The first-order valence-electron chi connectivity index (χ1n) is 17.2. The van der Waals surface area contributed by atoms with Crippen molar-refractivity contribution in [3.8, 4) is 12.1 Å². The summed E-state index contributed by atoms with van der Waals surface area (Å²) in [6.45, 7) is 15.8. The fourth-order valence-electron chi connectivity index (χ4n) is 7.53. The number of carbonyl (C=O) groups excluding carboxylic acids is 1. The molecule has 3 atom stereocenters. The number of benzene rings is 1. The number of ether oxygens (including phenoxy) is 1. The van der Waals surface area contributed by atoms with Crippen molar-refractivity contribution in [1.29, 1.82) is 5.26 Å². The lowest BCUT2D eigenvalue weighted by atomic mass is 10.0. The SMILES string of the molecule is C=CC(=O)N1CCN(c2nc(OCSC(C)(C)N(C)C3S[C@@]3(C)C3CC3)nc3c2CCN(c2cncc4cccc(C)c24)C3)C[C@@H]1CC#N. The monoisotopic (exact) mass is 698 g/mol. The highest BCUT2D eigenvalue weighted by atomic mass is 32.2. The molecule has 12 heteroatoms. The van der Waals surface area contributed by atoms with Crippen molar-refractivity contribution >= 4 is 51.7 Å². The molecule has 0 N–H and O–H groups in total. The summed E-state index contributed by atoms with van der Waals surface area (Å²) in [6.07, 6.45) is 8.93. The fraction of sp³-hybridized carbons (Fsp3) is 0.541. The molecule has 1 amide bonds. The van der Waals surface area contributed by atoms with Gasteiger partial charge in [-0.2, -0.15) is 15.2 Å². The number of fused-ring (bicyclic) bond motifs is 2. The number of aromatic nitrogens is 3. The van der Waals surface area contributed by atoms with Crippen LogP contribution >= 0.6 is 23.5 Å². The van der Waals surface area contributed by atoms with E-state index in [9.17, 15) is 10.1 Å². The zero-order valence-electron chi connectivity index (χ0n) is 29.2. The third-order valence-corrected chi connectivity index (χ3v) is 14.0. The van der Waals surface area contributed by atoms with Gasteiger partial charge in [0.1, 0.15) is 11.8 Å². The molecule has 7 rings (SSSR count). The van der Waals surface area contributed by atoms with Crippen molar-refractivity contribution in [2.75, 3.05) is 49.0 Å². The molecule has 3 fully saturated rings. The molecule has 3 aromatic rings. The second-order valence-corrected chi connectivity index (χ2v) is 17.4. The topological polar surface area (TPSA) is 102 Å². The maximum Gasteiger partial charge on any atom is 0.319 e. The summed E-state index contributed by atoms with van der Waals surface area (Å²) >= 11 is 3.86. The largest absolute Gasteiger partial charge is 0.452 e. The Kier molecular flexibility index (Phi) is 9.22. The summed E-state index contributed by atoms with van der Waals surface area (Å²) < 4.78 is 6.78. The predicted octanol–water partition coefficient (Wildman–Crippen LogP) is 5.99. The molecule has 2 aromatic heterocycles. The van der Waals surface area contributed by atoms with Gasteiger partial charge in [-0.1, -0.05) is 36.5 Å². The van der Waals surface area contributed by atoms with Gasteiger partial charge in [0.15, 0.2) is 0 Å². The van der Waals surface area contributed by atoms with Gasteiger partial charge in [0.25, 0.3) is 0 Å². The number of hydrogen-bond donors (Lipinski definition) is 0. The number of nitrogens with zero attached hydrogens (tertiary/aromatic N) is 8. The highest BCUT2D eigenvalue weighted by Gasteiger charge is 2.63. The van der Waals surface area contributed by atoms with Crippen LogP contribution in [0.3, 0.4) is 0 Å². The average molecular weight is 699 g/mol. The standard InChI is InChI=1S/C37H46N8O2S2/c1-7-31(46)45-18-17-44(21-27(45)13-15-38)33-28-14-16-43(30-20-39-19-25-10-8-9-24(2)32(25)30)22-29(28)40-35(41-33)47-23-48-36(3,4)42(6)34-37(5,49-34)26-11-12-26/h7-10,19-20,26-27,34H,1,11-14,16-18,21-23H2,2-6H3/t27-,34?,37-/m0/s1. The summed E-state index contributed by atoms with van der Waals surface area (Å²) in [5, 5.41) is 12.5. The maximum atomic E-state index is 12.7. The summed E-state index contributed by atoms with van der Waals surface area (Å²) in [7, 11) is 2.23. The van der Waals surface area contributed by atoms with Crippen LogP contribution in [0, 0.1) is 24.2 Å². The molecular formula is C37H46N8O2S2. The molecular weight excluding hydrogens is 653 g/mol. The Labute approximate surface area is 298 Å². The summed E-state index contributed by atoms with van der Waals surface area (Å²) in [5.41, 5.74) is 4.36. The first-order valence-corrected chi connectivity index (χ1v) is 19.1. The molecule has 5 heterocycles. The molecule has 4 aliphatic rings. The summed E-state index contributed by atoms with van der Waals surface area (Å²) in [5.74, 6) is 1.97. The molecule has 2 saturated heterocycles. The van der Waals surface area contributed by atoms with Crippen molar-refractivity contribution in [2.45, 2.75) is 81.0 Å². The van der Waals surface area contributed by atoms with E-state index in [2.05, 4.69) is 97.0 Å². The van der Waals surface area contributed by atoms with Crippen LogP contribution in [0.5, 0.6) is 6.01 Å². The number of rotatable bonds is 11.